The van der Waals surface area contributed by atoms with Gasteiger partial charge in [-0.2, -0.15) is 11.8 Å². The van der Waals surface area contributed by atoms with Gasteiger partial charge in [-0.25, -0.2) is 0 Å². The van der Waals surface area contributed by atoms with Gasteiger partial charge in [-0.15, -0.1) is 0 Å². The summed E-state index contributed by atoms with van der Waals surface area (Å²) in [5.74, 6) is -1.68. The van der Waals surface area contributed by atoms with Crippen molar-refractivity contribution in [3.63, 3.8) is 0 Å². The molecular formula is C12H16O4S. The van der Waals surface area contributed by atoms with Gasteiger partial charge in [-0.05, 0) is 25.7 Å². The number of hydrogen-bond acceptors (Lipinski definition) is 5. The van der Waals surface area contributed by atoms with E-state index < -0.39 is 22.9 Å². The molecule has 2 aliphatic carbocycles. The van der Waals surface area contributed by atoms with E-state index in [0.717, 1.165) is 0 Å². The average Bonchev–Trinajstić information content (AvgIpc) is 2.38. The maximum atomic E-state index is 11.9. The second kappa shape index (κ2) is 3.93. The van der Waals surface area contributed by atoms with E-state index in [0.29, 0.717) is 6.42 Å². The summed E-state index contributed by atoms with van der Waals surface area (Å²) >= 11 is 1.36. The molecule has 5 heteroatoms. The van der Waals surface area contributed by atoms with Crippen molar-refractivity contribution in [2.24, 2.45) is 11.8 Å². The highest BCUT2D eigenvalue weighted by Crippen LogP contribution is 2.52. The van der Waals surface area contributed by atoms with Crippen LogP contribution in [0.4, 0.5) is 0 Å². The van der Waals surface area contributed by atoms with Gasteiger partial charge in [0.15, 0.2) is 11.4 Å². The molecule has 0 aromatic heterocycles. The van der Waals surface area contributed by atoms with Gasteiger partial charge in [-0.1, -0.05) is 6.08 Å². The lowest BCUT2D eigenvalue weighted by molar-refractivity contribution is -0.173. The van der Waals surface area contributed by atoms with E-state index in [1.807, 2.05) is 0 Å². The lowest BCUT2D eigenvalue weighted by atomic mass is 9.72. The second-order valence-electron chi connectivity index (χ2n) is 4.85. The monoisotopic (exact) mass is 256 g/mol. The number of aliphatic hydroxyl groups is 2. The van der Waals surface area contributed by atoms with Gasteiger partial charge in [0.2, 0.25) is 0 Å². The first-order valence-electron chi connectivity index (χ1n) is 5.54. The van der Waals surface area contributed by atoms with Gasteiger partial charge in [-0.3, -0.25) is 9.59 Å². The highest BCUT2D eigenvalue weighted by Gasteiger charge is 2.69. The first kappa shape index (κ1) is 12.8. The number of carbonyl (C=O) groups excluding carboxylic acids is 2. The van der Waals surface area contributed by atoms with E-state index in [-0.39, 0.29) is 17.5 Å². The number of hydrogen-bond donors (Lipinski definition) is 2. The molecule has 1 saturated carbocycles. The molecule has 4 atom stereocenters. The van der Waals surface area contributed by atoms with Crippen LogP contribution in [0.3, 0.4) is 0 Å². The number of carbonyl (C=O) groups is 2. The zero-order valence-electron chi connectivity index (χ0n) is 9.84. The molecule has 0 heterocycles. The van der Waals surface area contributed by atoms with Crippen LogP contribution in [0.2, 0.25) is 0 Å². The molecule has 2 aliphatic rings. The second-order valence-corrected chi connectivity index (χ2v) is 5.72. The normalized spacial score (nSPS) is 44.1. The summed E-state index contributed by atoms with van der Waals surface area (Å²) in [7, 11) is 0. The first-order chi connectivity index (χ1) is 7.88. The first-order valence-corrected chi connectivity index (χ1v) is 6.94. The van der Waals surface area contributed by atoms with E-state index >= 15 is 0 Å². The van der Waals surface area contributed by atoms with Crippen molar-refractivity contribution in [2.75, 3.05) is 12.0 Å². The predicted molar refractivity (Wildman–Crippen MR) is 64.7 cm³/mol. The van der Waals surface area contributed by atoms with Crippen molar-refractivity contribution >= 4 is 23.3 Å². The third-order valence-electron chi connectivity index (χ3n) is 3.98. The molecule has 4 nitrogen and oxygen atoms in total. The van der Waals surface area contributed by atoms with E-state index in [1.165, 1.54) is 24.8 Å². The predicted octanol–water partition coefficient (Wildman–Crippen LogP) is 0.176. The summed E-state index contributed by atoms with van der Waals surface area (Å²) in [6.07, 6.45) is 5.05. The van der Waals surface area contributed by atoms with Crippen molar-refractivity contribution < 1.29 is 19.8 Å². The minimum absolute atomic E-state index is 0.244. The highest BCUT2D eigenvalue weighted by atomic mass is 32.2. The van der Waals surface area contributed by atoms with Gasteiger partial charge < -0.3 is 10.2 Å². The van der Waals surface area contributed by atoms with Crippen LogP contribution in [0.1, 0.15) is 13.3 Å². The zero-order chi connectivity index (χ0) is 12.8. The van der Waals surface area contributed by atoms with Crippen molar-refractivity contribution in [1.29, 1.82) is 0 Å². The molecule has 1 fully saturated rings. The Morgan fingerprint density at radius 3 is 2.76 bits per heavy atom. The molecule has 17 heavy (non-hydrogen) atoms. The fourth-order valence-electron chi connectivity index (χ4n) is 3.05. The van der Waals surface area contributed by atoms with Crippen LogP contribution < -0.4 is 0 Å². The Labute approximate surface area is 104 Å². The molecular weight excluding hydrogens is 240 g/mol. The molecule has 0 aromatic rings. The van der Waals surface area contributed by atoms with Crippen molar-refractivity contribution in [2.45, 2.75) is 24.5 Å². The smallest absolute Gasteiger partial charge is 0.190 e. The molecule has 2 rings (SSSR count). The molecule has 0 spiro atoms. The van der Waals surface area contributed by atoms with Crippen LogP contribution in [0.25, 0.3) is 0 Å². The van der Waals surface area contributed by atoms with E-state index in [4.69, 9.17) is 0 Å². The maximum absolute atomic E-state index is 11.9. The van der Waals surface area contributed by atoms with Gasteiger partial charge in [0.1, 0.15) is 11.4 Å². The fraction of sp³-hybridized carbons (Fsp3) is 0.667. The van der Waals surface area contributed by atoms with Crippen molar-refractivity contribution in [3.8, 4) is 0 Å². The Bertz CT molecular complexity index is 405. The summed E-state index contributed by atoms with van der Waals surface area (Å²) < 4.78 is 0. The molecule has 0 unspecified atom stereocenters. The molecule has 2 N–H and O–H groups in total. The Morgan fingerprint density at radius 2 is 2.24 bits per heavy atom. The quantitative estimate of drug-likeness (QED) is 0.753. The Kier molecular flexibility index (Phi) is 2.96. The number of ketones is 2. The van der Waals surface area contributed by atoms with Gasteiger partial charge >= 0.3 is 0 Å². The lowest BCUT2D eigenvalue weighted by Gasteiger charge is -2.42. The highest BCUT2D eigenvalue weighted by molar-refractivity contribution is 7.98. The van der Waals surface area contributed by atoms with Gasteiger partial charge in [0.25, 0.3) is 0 Å². The standard InChI is InChI=1S/C12H16O4S/c1-7(13)9-5-8-3-4-10(14)12(9,16)11(8,15)6-17-2/h3-4,8-9,15-16H,5-6H2,1-2H3/t8-,9-,11+,12+/m1/s1. The van der Waals surface area contributed by atoms with Crippen molar-refractivity contribution in [3.05, 3.63) is 12.2 Å². The molecule has 0 aliphatic heterocycles. The van der Waals surface area contributed by atoms with Gasteiger partial charge in [0, 0.05) is 11.7 Å². The topological polar surface area (TPSA) is 74.6 Å². The van der Waals surface area contributed by atoms with E-state index in [9.17, 15) is 19.8 Å². The minimum atomic E-state index is -1.94. The molecule has 0 aromatic carbocycles. The third kappa shape index (κ3) is 1.46. The SMILES string of the molecule is CSC[C@]1(O)[C@@H]2C=CC(=O)[C@@]1(O)[C@@H](C(C)=O)C2. The lowest BCUT2D eigenvalue weighted by Crippen LogP contribution is -2.64. The Hall–Kier alpha value is -0.650. The molecule has 2 bridgehead atoms. The molecule has 94 valence electrons. The van der Waals surface area contributed by atoms with Crippen LogP contribution in [0.5, 0.6) is 0 Å². The summed E-state index contributed by atoms with van der Waals surface area (Å²) in [6.45, 7) is 1.36. The molecule has 0 amide bonds. The fourth-order valence-corrected chi connectivity index (χ4v) is 3.93. The largest absolute Gasteiger partial charge is 0.385 e. The average molecular weight is 256 g/mol. The van der Waals surface area contributed by atoms with E-state index in [1.54, 1.807) is 12.3 Å². The summed E-state index contributed by atoms with van der Waals surface area (Å²) in [6, 6.07) is 0. The number of Topliss-reactive ketones (excluding diaryl/α,β-unsaturated/α-hetero) is 1. The molecule has 0 saturated heterocycles. The van der Waals surface area contributed by atoms with Crippen LogP contribution in [-0.4, -0.2) is 45.0 Å². The van der Waals surface area contributed by atoms with Crippen LogP contribution in [0.15, 0.2) is 12.2 Å². The van der Waals surface area contributed by atoms with E-state index in [2.05, 4.69) is 0 Å². The van der Waals surface area contributed by atoms with Crippen LogP contribution in [0, 0.1) is 11.8 Å². The van der Waals surface area contributed by atoms with Crippen LogP contribution >= 0.6 is 11.8 Å². The number of rotatable bonds is 3. The Balaban J connectivity index is 2.53. The summed E-state index contributed by atoms with van der Waals surface area (Å²) in [5, 5.41) is 21.2. The number of thioether (sulfide) groups is 1. The van der Waals surface area contributed by atoms with Gasteiger partial charge in [0.05, 0.1) is 5.92 Å². The van der Waals surface area contributed by atoms with Crippen LogP contribution in [-0.2, 0) is 9.59 Å². The maximum Gasteiger partial charge on any atom is 0.190 e. The zero-order valence-corrected chi connectivity index (χ0v) is 10.7. The summed E-state index contributed by atoms with van der Waals surface area (Å²) in [4.78, 5) is 23.5. The third-order valence-corrected chi connectivity index (χ3v) is 4.71. The minimum Gasteiger partial charge on any atom is -0.385 e. The molecule has 0 radical (unpaired) electrons. The van der Waals surface area contributed by atoms with Crippen molar-refractivity contribution in [1.82, 2.24) is 0 Å². The summed E-state index contributed by atoms with van der Waals surface area (Å²) in [5.41, 5.74) is -3.46. The Morgan fingerprint density at radius 1 is 1.59 bits per heavy atom. The number of fused-ring (bicyclic) bond motifs is 2.